The maximum absolute atomic E-state index is 12.7. The summed E-state index contributed by atoms with van der Waals surface area (Å²) >= 11 is 0. The number of anilines is 4. The highest BCUT2D eigenvalue weighted by atomic mass is 16.5. The van der Waals surface area contributed by atoms with Crippen LogP contribution in [-0.2, 0) is 20.7 Å². The Kier molecular flexibility index (Phi) is 12.6. The van der Waals surface area contributed by atoms with Gasteiger partial charge in [0.15, 0.2) is 17.3 Å². The van der Waals surface area contributed by atoms with E-state index in [4.69, 9.17) is 25.4 Å². The fraction of sp³-hybridized carbons (Fsp3) is 0.581. The Labute approximate surface area is 264 Å². The number of piperazine rings is 1. The summed E-state index contributed by atoms with van der Waals surface area (Å²) in [5.74, 6) is 0.633. The third-order valence-electron chi connectivity index (χ3n) is 8.18. The van der Waals surface area contributed by atoms with Gasteiger partial charge in [-0.1, -0.05) is 19.8 Å². The monoisotopic (exact) mass is 626 g/mol. The number of carbonyl (C=O) groups is 3. The van der Waals surface area contributed by atoms with Gasteiger partial charge in [0.25, 0.3) is 5.91 Å². The molecule has 1 aromatic heterocycles. The molecule has 4 rings (SSSR count). The molecule has 0 bridgehead atoms. The van der Waals surface area contributed by atoms with E-state index in [0.29, 0.717) is 81.6 Å². The van der Waals surface area contributed by atoms with E-state index in [9.17, 15) is 14.4 Å². The minimum Gasteiger partial charge on any atom is -0.495 e. The number of amides is 3. The van der Waals surface area contributed by atoms with Gasteiger partial charge in [0.1, 0.15) is 5.75 Å². The number of hydrogen-bond acceptors (Lipinski definition) is 11. The average molecular weight is 627 g/mol. The Morgan fingerprint density at radius 3 is 2.38 bits per heavy atom. The van der Waals surface area contributed by atoms with Crippen molar-refractivity contribution >= 4 is 40.7 Å². The van der Waals surface area contributed by atoms with E-state index < -0.39 is 5.91 Å². The molecule has 2 saturated heterocycles. The highest BCUT2D eigenvalue weighted by molar-refractivity contribution is 5.96. The number of aromatic nitrogens is 2. The van der Waals surface area contributed by atoms with Gasteiger partial charge in [-0.05, 0) is 44.2 Å². The number of primary amides is 1. The number of rotatable bonds is 15. The van der Waals surface area contributed by atoms with E-state index in [1.54, 1.807) is 12.6 Å². The van der Waals surface area contributed by atoms with Gasteiger partial charge in [0, 0.05) is 70.0 Å². The second-order valence-electron chi connectivity index (χ2n) is 11.3. The quantitative estimate of drug-likeness (QED) is 0.111. The number of carbonyl (C=O) groups excluding carboxylic acids is 3. The van der Waals surface area contributed by atoms with Crippen molar-refractivity contribution < 1.29 is 29.1 Å². The number of hydroxylamine groups is 1. The van der Waals surface area contributed by atoms with Crippen molar-refractivity contribution in [3.05, 3.63) is 29.6 Å². The highest BCUT2D eigenvalue weighted by Crippen LogP contribution is 2.34. The minimum atomic E-state index is -0.666. The van der Waals surface area contributed by atoms with Gasteiger partial charge in [-0.15, -0.1) is 0 Å². The molecule has 14 nitrogen and oxygen atoms in total. The van der Waals surface area contributed by atoms with Crippen molar-refractivity contribution in [3.63, 3.8) is 0 Å². The minimum absolute atomic E-state index is 0.0716. The molecule has 0 spiro atoms. The standard InChI is InChI=1S/C31H46N8O6/c1-3-23-30(33-21-12-18-45-19-13-21)36-31(28(35-23)29(32)42)34-22-10-11-24(25(20-22)44-2)38-14-16-39(17-15-38)27(41)9-7-5-4-6-8-26(40)37-43/h10-11,20-21,43H,3-9,12-19H2,1-2H3,(H2,32,42)(H,37,40)(H2,33,34,36). The van der Waals surface area contributed by atoms with E-state index >= 15 is 0 Å². The van der Waals surface area contributed by atoms with Gasteiger partial charge in [-0.2, -0.15) is 0 Å². The Morgan fingerprint density at radius 2 is 1.73 bits per heavy atom. The van der Waals surface area contributed by atoms with E-state index in [0.717, 1.165) is 37.8 Å². The van der Waals surface area contributed by atoms with Gasteiger partial charge in [-0.25, -0.2) is 15.4 Å². The fourth-order valence-electron chi connectivity index (χ4n) is 5.61. The smallest absolute Gasteiger partial charge is 0.271 e. The molecule has 14 heteroatoms. The number of ether oxygens (including phenoxy) is 2. The Balaban J connectivity index is 1.36. The zero-order valence-corrected chi connectivity index (χ0v) is 26.3. The molecular weight excluding hydrogens is 580 g/mol. The van der Waals surface area contributed by atoms with Crippen molar-refractivity contribution in [2.45, 2.75) is 70.8 Å². The highest BCUT2D eigenvalue weighted by Gasteiger charge is 2.24. The first-order valence-electron chi connectivity index (χ1n) is 15.8. The van der Waals surface area contributed by atoms with Gasteiger partial charge in [-0.3, -0.25) is 19.6 Å². The first-order valence-corrected chi connectivity index (χ1v) is 15.8. The summed E-state index contributed by atoms with van der Waals surface area (Å²) in [5.41, 5.74) is 9.66. The number of nitrogens with zero attached hydrogens (tertiary/aromatic N) is 4. The van der Waals surface area contributed by atoms with E-state index in [2.05, 4.69) is 20.5 Å². The van der Waals surface area contributed by atoms with E-state index in [1.165, 1.54) is 0 Å². The van der Waals surface area contributed by atoms with Crippen LogP contribution in [0.2, 0.25) is 0 Å². The summed E-state index contributed by atoms with van der Waals surface area (Å²) in [6.45, 7) is 5.90. The number of nitrogens with one attached hydrogen (secondary N) is 3. The Bertz CT molecular complexity index is 1310. The summed E-state index contributed by atoms with van der Waals surface area (Å²) in [6, 6.07) is 5.91. The molecule has 2 aliphatic heterocycles. The number of benzene rings is 1. The number of hydrogen-bond donors (Lipinski definition) is 5. The molecule has 0 unspecified atom stereocenters. The number of unbranched alkanes of at least 4 members (excludes halogenated alkanes) is 3. The number of nitrogens with two attached hydrogens (primary N) is 1. The van der Waals surface area contributed by atoms with Crippen LogP contribution >= 0.6 is 0 Å². The van der Waals surface area contributed by atoms with Crippen LogP contribution in [0.5, 0.6) is 5.75 Å². The molecule has 1 aromatic carbocycles. The van der Waals surface area contributed by atoms with Crippen molar-refractivity contribution in [2.24, 2.45) is 5.73 Å². The lowest BCUT2D eigenvalue weighted by molar-refractivity contribution is -0.132. The van der Waals surface area contributed by atoms with Gasteiger partial charge >= 0.3 is 0 Å². The molecule has 6 N–H and O–H groups in total. The van der Waals surface area contributed by atoms with Crippen molar-refractivity contribution in [3.8, 4) is 5.75 Å². The lowest BCUT2D eigenvalue weighted by Gasteiger charge is -2.36. The molecule has 0 aliphatic carbocycles. The van der Waals surface area contributed by atoms with Crippen molar-refractivity contribution in [1.82, 2.24) is 20.3 Å². The largest absolute Gasteiger partial charge is 0.495 e. The third kappa shape index (κ3) is 9.41. The first kappa shape index (κ1) is 33.7. The molecule has 3 amide bonds. The van der Waals surface area contributed by atoms with Crippen LogP contribution in [0.4, 0.5) is 23.0 Å². The molecule has 0 atom stereocenters. The summed E-state index contributed by atoms with van der Waals surface area (Å²) in [6.07, 6.45) is 6.26. The van der Waals surface area contributed by atoms with E-state index in [-0.39, 0.29) is 35.8 Å². The molecule has 2 fully saturated rings. The van der Waals surface area contributed by atoms with Crippen LogP contribution in [0.3, 0.4) is 0 Å². The van der Waals surface area contributed by atoms with Crippen LogP contribution in [0, 0.1) is 0 Å². The predicted molar refractivity (Wildman–Crippen MR) is 170 cm³/mol. The van der Waals surface area contributed by atoms with Crippen molar-refractivity contribution in [2.75, 3.05) is 62.0 Å². The van der Waals surface area contributed by atoms with Crippen LogP contribution in [-0.4, -0.2) is 90.3 Å². The van der Waals surface area contributed by atoms with Gasteiger partial charge in [0.05, 0.1) is 18.5 Å². The molecule has 246 valence electrons. The number of aryl methyl sites for hydroxylation is 1. The normalized spacial score (nSPS) is 15.4. The molecule has 3 heterocycles. The first-order chi connectivity index (χ1) is 21.8. The number of methoxy groups -OCH3 is 1. The topological polar surface area (TPSA) is 184 Å². The third-order valence-corrected chi connectivity index (χ3v) is 8.18. The Morgan fingerprint density at radius 1 is 1.02 bits per heavy atom. The summed E-state index contributed by atoms with van der Waals surface area (Å²) < 4.78 is 11.2. The van der Waals surface area contributed by atoms with Gasteiger partial charge in [0.2, 0.25) is 11.8 Å². The molecular formula is C31H46N8O6. The lowest BCUT2D eigenvalue weighted by Crippen LogP contribution is -2.48. The molecule has 45 heavy (non-hydrogen) atoms. The molecule has 0 saturated carbocycles. The maximum Gasteiger partial charge on any atom is 0.271 e. The Hall–Kier alpha value is -4.17. The van der Waals surface area contributed by atoms with Gasteiger partial charge < -0.3 is 35.6 Å². The van der Waals surface area contributed by atoms with Crippen LogP contribution in [0.1, 0.15) is 74.5 Å². The maximum atomic E-state index is 12.7. The van der Waals surface area contributed by atoms with Crippen molar-refractivity contribution in [1.29, 1.82) is 0 Å². The molecule has 2 aromatic rings. The van der Waals surface area contributed by atoms with Crippen LogP contribution < -0.4 is 31.5 Å². The second-order valence-corrected chi connectivity index (χ2v) is 11.3. The molecule has 0 radical (unpaired) electrons. The zero-order valence-electron chi connectivity index (χ0n) is 26.3. The summed E-state index contributed by atoms with van der Waals surface area (Å²) in [5, 5.41) is 15.3. The summed E-state index contributed by atoms with van der Waals surface area (Å²) in [4.78, 5) is 49.6. The van der Waals surface area contributed by atoms with Crippen LogP contribution in [0.15, 0.2) is 18.2 Å². The van der Waals surface area contributed by atoms with Crippen LogP contribution in [0.25, 0.3) is 0 Å². The SMILES string of the molecule is CCc1nc(C(N)=O)c(Nc2ccc(N3CCN(C(=O)CCCCCCC(=O)NO)CC3)c(OC)c2)nc1NC1CCOCC1. The summed E-state index contributed by atoms with van der Waals surface area (Å²) in [7, 11) is 1.61. The molecule has 2 aliphatic rings. The van der Waals surface area contributed by atoms with E-state index in [1.807, 2.05) is 30.0 Å². The fourth-order valence-corrected chi connectivity index (χ4v) is 5.61. The lowest BCUT2D eigenvalue weighted by atomic mass is 10.1. The average Bonchev–Trinajstić information content (AvgIpc) is 3.06. The second kappa shape index (κ2) is 16.8. The predicted octanol–water partition coefficient (Wildman–Crippen LogP) is 2.98. The zero-order chi connectivity index (χ0) is 32.2.